The van der Waals surface area contributed by atoms with Crippen molar-refractivity contribution in [1.82, 2.24) is 0 Å². The summed E-state index contributed by atoms with van der Waals surface area (Å²) >= 11 is 0. The molecule has 0 heterocycles. The number of carboxylic acids is 1. The monoisotopic (exact) mass is 344 g/mol. The first-order chi connectivity index (χ1) is 11.3. The summed E-state index contributed by atoms with van der Waals surface area (Å²) < 4.78 is 10.8. The predicted molar refractivity (Wildman–Crippen MR) is 99.3 cm³/mol. The molecule has 0 aliphatic carbocycles. The molecule has 1 N–H and O–H groups in total. The van der Waals surface area contributed by atoms with Crippen LogP contribution in [0.5, 0.6) is 0 Å². The van der Waals surface area contributed by atoms with E-state index < -0.39 is 5.97 Å². The zero-order valence-corrected chi connectivity index (χ0v) is 16.8. The number of aliphatic carboxylic acids is 1. The molecule has 2 atom stereocenters. The number of rotatable bonds is 15. The number of carbonyl (C=O) groups is 1. The smallest absolute Gasteiger partial charge is 0.303 e. The summed E-state index contributed by atoms with van der Waals surface area (Å²) in [6.07, 6.45) is 6.45. The minimum atomic E-state index is -0.691. The predicted octanol–water partition coefficient (Wildman–Crippen LogP) is 5.01. The molecule has 0 saturated heterocycles. The van der Waals surface area contributed by atoms with Gasteiger partial charge in [0.25, 0.3) is 0 Å². The van der Waals surface area contributed by atoms with Gasteiger partial charge in [-0.25, -0.2) is 0 Å². The van der Waals surface area contributed by atoms with Gasteiger partial charge >= 0.3 is 5.97 Å². The van der Waals surface area contributed by atoms with Gasteiger partial charge in [0.15, 0.2) is 0 Å². The highest BCUT2D eigenvalue weighted by Gasteiger charge is 2.39. The van der Waals surface area contributed by atoms with Crippen molar-refractivity contribution in [3.63, 3.8) is 0 Å². The average Bonchev–Trinajstić information content (AvgIpc) is 2.47. The van der Waals surface area contributed by atoms with E-state index in [0.29, 0.717) is 31.0 Å². The van der Waals surface area contributed by atoms with Gasteiger partial charge in [0.1, 0.15) is 0 Å². The molecule has 0 aliphatic heterocycles. The number of hydrogen-bond donors (Lipinski definition) is 1. The SMILES string of the molecule is CCCC(COC)CC(CC(=O)O)(CC(CCC)COC)C(C)C. The lowest BCUT2D eigenvalue weighted by Gasteiger charge is -2.42. The normalized spacial score (nSPS) is 16.8. The molecule has 24 heavy (non-hydrogen) atoms. The number of ether oxygens (including phenoxy) is 2. The standard InChI is InChI=1S/C20H40O4/c1-7-9-17(14-23-5)11-20(16(3)4,13-19(21)22)12-18(10-8-2)15-24-6/h16-18H,7-15H2,1-6H3,(H,21,22). The van der Waals surface area contributed by atoms with Crippen molar-refractivity contribution >= 4 is 5.97 Å². The van der Waals surface area contributed by atoms with Crippen LogP contribution in [0.1, 0.15) is 72.6 Å². The molecule has 0 amide bonds. The van der Waals surface area contributed by atoms with Crippen LogP contribution in [0.3, 0.4) is 0 Å². The number of hydrogen-bond acceptors (Lipinski definition) is 3. The van der Waals surface area contributed by atoms with E-state index >= 15 is 0 Å². The molecular weight excluding hydrogens is 304 g/mol. The molecule has 0 saturated carbocycles. The third-order valence-corrected chi connectivity index (χ3v) is 5.32. The van der Waals surface area contributed by atoms with Crippen LogP contribution in [0.25, 0.3) is 0 Å². The molecule has 0 bridgehead atoms. The lowest BCUT2D eigenvalue weighted by molar-refractivity contribution is -0.142. The Balaban J connectivity index is 5.45. The van der Waals surface area contributed by atoms with Crippen molar-refractivity contribution in [3.8, 4) is 0 Å². The van der Waals surface area contributed by atoms with Crippen molar-refractivity contribution in [2.75, 3.05) is 27.4 Å². The van der Waals surface area contributed by atoms with Crippen LogP contribution >= 0.6 is 0 Å². The minimum absolute atomic E-state index is 0.192. The van der Waals surface area contributed by atoms with Crippen molar-refractivity contribution in [3.05, 3.63) is 0 Å². The zero-order chi connectivity index (χ0) is 18.6. The van der Waals surface area contributed by atoms with Crippen LogP contribution in [0.15, 0.2) is 0 Å². The Hall–Kier alpha value is -0.610. The van der Waals surface area contributed by atoms with Gasteiger partial charge in [-0.3, -0.25) is 4.79 Å². The highest BCUT2D eigenvalue weighted by atomic mass is 16.5. The quantitative estimate of drug-likeness (QED) is 0.454. The molecule has 4 heteroatoms. The van der Waals surface area contributed by atoms with Gasteiger partial charge in [-0.1, -0.05) is 40.5 Å². The Kier molecular flexibility index (Phi) is 12.4. The van der Waals surface area contributed by atoms with E-state index in [1.807, 2.05) is 0 Å². The van der Waals surface area contributed by atoms with Crippen LogP contribution in [-0.4, -0.2) is 38.5 Å². The fraction of sp³-hybridized carbons (Fsp3) is 0.950. The fourth-order valence-corrected chi connectivity index (χ4v) is 4.13. The molecular formula is C20H40O4. The topological polar surface area (TPSA) is 55.8 Å². The number of carboxylic acid groups (broad SMARTS) is 1. The first kappa shape index (κ1) is 23.4. The second-order valence-corrected chi connectivity index (χ2v) is 7.72. The summed E-state index contributed by atoms with van der Waals surface area (Å²) in [4.78, 5) is 11.7. The largest absolute Gasteiger partial charge is 0.481 e. The summed E-state index contributed by atoms with van der Waals surface area (Å²) in [6.45, 7) is 10.1. The molecule has 0 fully saturated rings. The van der Waals surface area contributed by atoms with Gasteiger partial charge in [0.05, 0.1) is 6.42 Å². The van der Waals surface area contributed by atoms with Crippen molar-refractivity contribution in [2.45, 2.75) is 72.6 Å². The van der Waals surface area contributed by atoms with E-state index in [1.165, 1.54) is 0 Å². The fourth-order valence-electron chi connectivity index (χ4n) is 4.13. The Morgan fingerprint density at radius 1 is 0.958 bits per heavy atom. The maximum absolute atomic E-state index is 11.7. The Morgan fingerprint density at radius 3 is 1.62 bits per heavy atom. The van der Waals surface area contributed by atoms with Crippen LogP contribution in [0.4, 0.5) is 0 Å². The first-order valence-corrected chi connectivity index (χ1v) is 9.54. The number of methoxy groups -OCH3 is 2. The summed E-state index contributed by atoms with van der Waals surface area (Å²) in [7, 11) is 3.48. The lowest BCUT2D eigenvalue weighted by Crippen LogP contribution is -2.36. The van der Waals surface area contributed by atoms with Gasteiger partial charge < -0.3 is 14.6 Å². The van der Waals surface area contributed by atoms with Gasteiger partial charge in [-0.2, -0.15) is 0 Å². The molecule has 4 nitrogen and oxygen atoms in total. The van der Waals surface area contributed by atoms with Gasteiger partial charge in [0, 0.05) is 27.4 Å². The molecule has 0 aromatic heterocycles. The van der Waals surface area contributed by atoms with E-state index in [-0.39, 0.29) is 11.8 Å². The van der Waals surface area contributed by atoms with Crippen LogP contribution in [0, 0.1) is 23.2 Å². The minimum Gasteiger partial charge on any atom is -0.481 e. The molecule has 0 radical (unpaired) electrons. The van der Waals surface area contributed by atoms with Gasteiger partial charge in [-0.15, -0.1) is 0 Å². The Morgan fingerprint density at radius 2 is 1.38 bits per heavy atom. The zero-order valence-electron chi connectivity index (χ0n) is 16.8. The lowest BCUT2D eigenvalue weighted by atomic mass is 9.63. The molecule has 144 valence electrons. The van der Waals surface area contributed by atoms with Crippen molar-refractivity contribution < 1.29 is 19.4 Å². The van der Waals surface area contributed by atoms with E-state index in [0.717, 1.165) is 38.5 Å². The average molecular weight is 345 g/mol. The highest BCUT2D eigenvalue weighted by molar-refractivity contribution is 5.67. The molecule has 0 spiro atoms. The van der Waals surface area contributed by atoms with E-state index in [4.69, 9.17) is 9.47 Å². The molecule has 2 unspecified atom stereocenters. The Bertz CT molecular complexity index is 298. The highest BCUT2D eigenvalue weighted by Crippen LogP contribution is 2.45. The third-order valence-electron chi connectivity index (χ3n) is 5.32. The maximum Gasteiger partial charge on any atom is 0.303 e. The first-order valence-electron chi connectivity index (χ1n) is 9.54. The summed E-state index contributed by atoms with van der Waals surface area (Å²) in [6, 6.07) is 0. The molecule has 0 aromatic carbocycles. The van der Waals surface area contributed by atoms with E-state index in [1.54, 1.807) is 14.2 Å². The van der Waals surface area contributed by atoms with Crippen molar-refractivity contribution in [1.29, 1.82) is 0 Å². The van der Waals surface area contributed by atoms with Crippen molar-refractivity contribution in [2.24, 2.45) is 23.2 Å². The maximum atomic E-state index is 11.7. The van der Waals surface area contributed by atoms with Gasteiger partial charge in [0.2, 0.25) is 0 Å². The summed E-state index contributed by atoms with van der Waals surface area (Å²) in [5, 5.41) is 9.58. The van der Waals surface area contributed by atoms with E-state index in [9.17, 15) is 9.90 Å². The second kappa shape index (κ2) is 12.7. The van der Waals surface area contributed by atoms with Crippen LogP contribution in [-0.2, 0) is 14.3 Å². The van der Waals surface area contributed by atoms with Gasteiger partial charge in [-0.05, 0) is 48.9 Å². The van der Waals surface area contributed by atoms with Crippen LogP contribution in [0.2, 0.25) is 0 Å². The summed E-state index contributed by atoms with van der Waals surface area (Å²) in [5.41, 5.74) is -0.192. The van der Waals surface area contributed by atoms with E-state index in [2.05, 4.69) is 27.7 Å². The Labute approximate surface area is 149 Å². The summed E-state index contributed by atoms with van der Waals surface area (Å²) in [5.74, 6) is 0.475. The molecule has 0 rings (SSSR count). The second-order valence-electron chi connectivity index (χ2n) is 7.72. The third kappa shape index (κ3) is 8.48. The molecule has 0 aromatic rings. The molecule has 0 aliphatic rings. The van der Waals surface area contributed by atoms with Crippen LogP contribution < -0.4 is 0 Å².